The Bertz CT molecular complexity index is 450. The first kappa shape index (κ1) is 11.5. The van der Waals surface area contributed by atoms with Gasteiger partial charge in [-0.2, -0.15) is 0 Å². The normalized spacial score (nSPS) is 40.7. The zero-order chi connectivity index (χ0) is 13.1. The van der Waals surface area contributed by atoms with E-state index in [1.54, 1.807) is 4.90 Å². The predicted molar refractivity (Wildman–Crippen MR) is 62.3 cm³/mol. The standard InChI is InChI=1S/C9H16N6O3/c10-6-13-5-4(3-16)12-7(11)15-2-1-8(17,18)9(5,15)14-6/h4-5,16-18H,1-3H2,(H2,11,12)(H3,10,13,14). The molecule has 3 unspecified atom stereocenters. The van der Waals surface area contributed by atoms with Gasteiger partial charge in [0.2, 0.25) is 5.79 Å². The molecule has 0 aromatic heterocycles. The summed E-state index contributed by atoms with van der Waals surface area (Å²) in [4.78, 5) is 9.80. The van der Waals surface area contributed by atoms with Crippen LogP contribution in [0.2, 0.25) is 0 Å². The van der Waals surface area contributed by atoms with Crippen LogP contribution in [0.1, 0.15) is 6.42 Å². The monoisotopic (exact) mass is 256 g/mol. The Balaban J connectivity index is 2.15. The Kier molecular flexibility index (Phi) is 2.08. The molecule has 0 bridgehead atoms. The van der Waals surface area contributed by atoms with Gasteiger partial charge >= 0.3 is 0 Å². The fraction of sp³-hybridized carbons (Fsp3) is 0.778. The van der Waals surface area contributed by atoms with Crippen molar-refractivity contribution in [3.63, 3.8) is 0 Å². The molecule has 1 saturated heterocycles. The summed E-state index contributed by atoms with van der Waals surface area (Å²) in [5.74, 6) is -1.81. The maximum absolute atomic E-state index is 10.2. The SMILES string of the molecule is NC1=NC2C(CO)N=C(N)N3CCC(O)(O)C23N1. The first-order valence-electron chi connectivity index (χ1n) is 5.70. The molecular formula is C9H16N6O3. The van der Waals surface area contributed by atoms with Crippen molar-refractivity contribution in [2.75, 3.05) is 13.2 Å². The number of nitrogens with two attached hydrogens (primary N) is 2. The maximum atomic E-state index is 10.2. The summed E-state index contributed by atoms with van der Waals surface area (Å²) in [6.45, 7) is 0.0300. The minimum Gasteiger partial charge on any atom is -0.394 e. The molecule has 3 rings (SSSR count). The lowest BCUT2D eigenvalue weighted by molar-refractivity contribution is -0.221. The van der Waals surface area contributed by atoms with Gasteiger partial charge < -0.3 is 37.0 Å². The molecule has 0 aromatic rings. The number of rotatable bonds is 1. The molecule has 9 heteroatoms. The van der Waals surface area contributed by atoms with Crippen LogP contribution in [0.25, 0.3) is 0 Å². The smallest absolute Gasteiger partial charge is 0.210 e. The Labute approximate surface area is 103 Å². The number of hydrogen-bond donors (Lipinski definition) is 6. The van der Waals surface area contributed by atoms with Crippen LogP contribution in [0.5, 0.6) is 0 Å². The van der Waals surface area contributed by atoms with Crippen molar-refractivity contribution < 1.29 is 15.3 Å². The van der Waals surface area contributed by atoms with Crippen LogP contribution in [0, 0.1) is 0 Å². The van der Waals surface area contributed by atoms with Gasteiger partial charge in [0.15, 0.2) is 17.6 Å². The Morgan fingerprint density at radius 2 is 2.11 bits per heavy atom. The Morgan fingerprint density at radius 1 is 1.39 bits per heavy atom. The zero-order valence-corrected chi connectivity index (χ0v) is 9.61. The average Bonchev–Trinajstić information content (AvgIpc) is 2.77. The topological polar surface area (TPSA) is 153 Å². The van der Waals surface area contributed by atoms with E-state index in [2.05, 4.69) is 15.3 Å². The highest BCUT2D eigenvalue weighted by Crippen LogP contribution is 2.44. The molecule has 8 N–H and O–H groups in total. The van der Waals surface area contributed by atoms with Crippen LogP contribution in [0.4, 0.5) is 0 Å². The van der Waals surface area contributed by atoms with E-state index in [-0.39, 0.29) is 24.9 Å². The number of nitrogens with one attached hydrogen (secondary N) is 1. The third kappa shape index (κ3) is 1.11. The van der Waals surface area contributed by atoms with Gasteiger partial charge in [0.05, 0.1) is 6.61 Å². The molecule has 3 heterocycles. The van der Waals surface area contributed by atoms with Crippen LogP contribution in [0.15, 0.2) is 9.98 Å². The zero-order valence-electron chi connectivity index (χ0n) is 9.61. The first-order chi connectivity index (χ1) is 8.42. The largest absolute Gasteiger partial charge is 0.394 e. The number of aliphatic hydroxyl groups is 3. The Morgan fingerprint density at radius 3 is 2.78 bits per heavy atom. The van der Waals surface area contributed by atoms with Crippen molar-refractivity contribution in [2.24, 2.45) is 21.5 Å². The molecule has 18 heavy (non-hydrogen) atoms. The number of aliphatic imine (C=N–C) groups is 2. The van der Waals surface area contributed by atoms with Crippen LogP contribution in [-0.2, 0) is 0 Å². The molecule has 3 atom stereocenters. The molecule has 1 fully saturated rings. The number of guanidine groups is 2. The highest BCUT2D eigenvalue weighted by atomic mass is 16.5. The second kappa shape index (κ2) is 3.25. The lowest BCUT2D eigenvalue weighted by Crippen LogP contribution is -2.76. The van der Waals surface area contributed by atoms with Gasteiger partial charge in [0, 0.05) is 13.0 Å². The van der Waals surface area contributed by atoms with Gasteiger partial charge in [-0.3, -0.25) is 0 Å². The van der Waals surface area contributed by atoms with E-state index in [0.717, 1.165) is 0 Å². The van der Waals surface area contributed by atoms with Gasteiger partial charge in [0.1, 0.15) is 12.1 Å². The minimum absolute atomic E-state index is 0.0859. The van der Waals surface area contributed by atoms with E-state index in [4.69, 9.17) is 11.5 Å². The van der Waals surface area contributed by atoms with Crippen molar-refractivity contribution in [3.8, 4) is 0 Å². The average molecular weight is 256 g/mol. The molecule has 0 amide bonds. The number of nitrogens with zero attached hydrogens (tertiary/aromatic N) is 3. The fourth-order valence-electron chi connectivity index (χ4n) is 3.07. The molecule has 0 aromatic carbocycles. The van der Waals surface area contributed by atoms with Crippen LogP contribution in [-0.4, -0.2) is 68.8 Å². The molecule has 0 saturated carbocycles. The summed E-state index contributed by atoms with van der Waals surface area (Å²) in [5, 5.41) is 32.6. The minimum atomic E-state index is -2.05. The lowest BCUT2D eigenvalue weighted by Gasteiger charge is -2.48. The maximum Gasteiger partial charge on any atom is 0.210 e. The molecular weight excluding hydrogens is 240 g/mol. The first-order valence-corrected chi connectivity index (χ1v) is 5.70. The molecule has 100 valence electrons. The van der Waals surface area contributed by atoms with Gasteiger partial charge in [-0.1, -0.05) is 0 Å². The summed E-state index contributed by atoms with van der Waals surface area (Å²) in [7, 11) is 0. The molecule has 1 spiro atoms. The molecule has 3 aliphatic rings. The van der Waals surface area contributed by atoms with E-state index >= 15 is 0 Å². The summed E-state index contributed by atoms with van der Waals surface area (Å²) in [6, 6.07) is -1.33. The third-order valence-electron chi connectivity index (χ3n) is 3.87. The summed E-state index contributed by atoms with van der Waals surface area (Å²) in [5.41, 5.74) is 10.1. The van der Waals surface area contributed by atoms with Gasteiger partial charge in [-0.15, -0.1) is 0 Å². The third-order valence-corrected chi connectivity index (χ3v) is 3.87. The Hall–Kier alpha value is -1.58. The van der Waals surface area contributed by atoms with Crippen LogP contribution in [0.3, 0.4) is 0 Å². The van der Waals surface area contributed by atoms with Crippen molar-refractivity contribution in [1.29, 1.82) is 0 Å². The highest BCUT2D eigenvalue weighted by molar-refractivity contribution is 5.87. The van der Waals surface area contributed by atoms with Crippen LogP contribution >= 0.6 is 0 Å². The molecule has 9 nitrogen and oxygen atoms in total. The van der Waals surface area contributed by atoms with E-state index < -0.39 is 23.5 Å². The second-order valence-corrected chi connectivity index (χ2v) is 4.81. The molecule has 3 aliphatic heterocycles. The van der Waals surface area contributed by atoms with Crippen molar-refractivity contribution in [1.82, 2.24) is 10.2 Å². The van der Waals surface area contributed by atoms with E-state index in [0.29, 0.717) is 6.54 Å². The van der Waals surface area contributed by atoms with Crippen molar-refractivity contribution >= 4 is 11.9 Å². The van der Waals surface area contributed by atoms with Crippen LogP contribution < -0.4 is 16.8 Å². The highest BCUT2D eigenvalue weighted by Gasteiger charge is 2.69. The summed E-state index contributed by atoms with van der Waals surface area (Å²) >= 11 is 0. The molecule has 0 radical (unpaired) electrons. The van der Waals surface area contributed by atoms with Crippen molar-refractivity contribution in [3.05, 3.63) is 0 Å². The lowest BCUT2D eigenvalue weighted by atomic mass is 9.87. The molecule has 0 aliphatic carbocycles. The van der Waals surface area contributed by atoms with Crippen molar-refractivity contribution in [2.45, 2.75) is 30.0 Å². The fourth-order valence-corrected chi connectivity index (χ4v) is 3.07. The van der Waals surface area contributed by atoms with Gasteiger partial charge in [-0.05, 0) is 0 Å². The summed E-state index contributed by atoms with van der Waals surface area (Å²) < 4.78 is 0. The summed E-state index contributed by atoms with van der Waals surface area (Å²) in [6.07, 6.45) is 0.0909. The van der Waals surface area contributed by atoms with E-state index in [9.17, 15) is 15.3 Å². The van der Waals surface area contributed by atoms with E-state index in [1.165, 1.54) is 0 Å². The van der Waals surface area contributed by atoms with Gasteiger partial charge in [0.25, 0.3) is 0 Å². The number of hydrogen-bond acceptors (Lipinski definition) is 9. The van der Waals surface area contributed by atoms with Gasteiger partial charge in [-0.25, -0.2) is 9.98 Å². The quantitative estimate of drug-likeness (QED) is 0.262. The second-order valence-electron chi connectivity index (χ2n) is 4.81. The predicted octanol–water partition coefficient (Wildman–Crippen LogP) is -3.95. The van der Waals surface area contributed by atoms with E-state index in [1.807, 2.05) is 0 Å². The number of aliphatic hydroxyl groups excluding tert-OH is 1.